The zero-order valence-corrected chi connectivity index (χ0v) is 16.9. The minimum atomic E-state index is -0.329. The zero-order chi connectivity index (χ0) is 19.8. The maximum absolute atomic E-state index is 12.7. The van der Waals surface area contributed by atoms with E-state index in [4.69, 9.17) is 9.47 Å². The molecule has 2 heterocycles. The largest absolute Gasteiger partial charge is 0.485 e. The molecule has 1 aliphatic heterocycles. The molecule has 148 valence electrons. The van der Waals surface area contributed by atoms with Crippen molar-refractivity contribution in [3.05, 3.63) is 65.0 Å². The van der Waals surface area contributed by atoms with Gasteiger partial charge in [0.15, 0.2) is 34.4 Å². The molecule has 1 aliphatic carbocycles. The van der Waals surface area contributed by atoms with Crippen molar-refractivity contribution in [2.45, 2.75) is 30.5 Å². The van der Waals surface area contributed by atoms with Crippen molar-refractivity contribution in [3.8, 4) is 11.5 Å². The molecule has 7 heteroatoms. The van der Waals surface area contributed by atoms with Crippen molar-refractivity contribution in [2.24, 2.45) is 7.05 Å². The number of benzene rings is 2. The molecule has 1 atom stereocenters. The monoisotopic (exact) mass is 407 g/mol. The van der Waals surface area contributed by atoms with Crippen LogP contribution >= 0.6 is 11.8 Å². The molecular weight excluding hydrogens is 386 g/mol. The Morgan fingerprint density at radius 2 is 1.97 bits per heavy atom. The van der Waals surface area contributed by atoms with Gasteiger partial charge in [-0.25, -0.2) is 0 Å². The maximum Gasteiger partial charge on any atom is 0.192 e. The second kappa shape index (κ2) is 7.55. The Labute approximate surface area is 173 Å². The third-order valence-electron chi connectivity index (χ3n) is 5.42. The number of nitrogens with zero attached hydrogens (tertiary/aromatic N) is 3. The molecule has 29 heavy (non-hydrogen) atoms. The first kappa shape index (κ1) is 18.2. The number of aryl methyl sites for hydroxylation is 2. The van der Waals surface area contributed by atoms with Crippen molar-refractivity contribution in [1.29, 1.82) is 0 Å². The number of thioether (sulfide) groups is 1. The second-order valence-corrected chi connectivity index (χ2v) is 8.26. The molecule has 0 N–H and O–H groups in total. The van der Waals surface area contributed by atoms with Crippen molar-refractivity contribution < 1.29 is 14.3 Å². The van der Waals surface area contributed by atoms with E-state index in [0.29, 0.717) is 29.1 Å². The Bertz CT molecular complexity index is 1080. The number of Topliss-reactive ketones (excluding diaryl/α,β-unsaturated/α-hetero) is 1. The molecule has 0 bridgehead atoms. The van der Waals surface area contributed by atoms with E-state index in [-0.39, 0.29) is 11.9 Å². The normalized spacial score (nSPS) is 17.2. The first-order valence-electron chi connectivity index (χ1n) is 9.74. The third kappa shape index (κ3) is 3.51. The molecule has 2 aromatic carbocycles. The summed E-state index contributed by atoms with van der Waals surface area (Å²) in [6.07, 6.45) is 3.05. The lowest BCUT2D eigenvalue weighted by atomic mass is 10.0. The van der Waals surface area contributed by atoms with Crippen LogP contribution in [0.3, 0.4) is 0 Å². The van der Waals surface area contributed by atoms with Crippen LogP contribution in [0, 0.1) is 0 Å². The molecule has 0 saturated heterocycles. The quantitative estimate of drug-likeness (QED) is 0.474. The van der Waals surface area contributed by atoms with Crippen molar-refractivity contribution in [3.63, 3.8) is 0 Å². The molecular formula is C22H21N3O3S. The van der Waals surface area contributed by atoms with Crippen LogP contribution in [-0.4, -0.2) is 32.9 Å². The first-order chi connectivity index (χ1) is 14.2. The highest BCUT2D eigenvalue weighted by atomic mass is 32.2. The highest BCUT2D eigenvalue weighted by Crippen LogP contribution is 2.35. The summed E-state index contributed by atoms with van der Waals surface area (Å²) in [5, 5.41) is 9.24. The lowest BCUT2D eigenvalue weighted by Crippen LogP contribution is -2.24. The van der Waals surface area contributed by atoms with Crippen LogP contribution in [0.4, 0.5) is 0 Å². The van der Waals surface area contributed by atoms with Crippen LogP contribution in [0.1, 0.15) is 39.8 Å². The van der Waals surface area contributed by atoms with Gasteiger partial charge in [0.05, 0.1) is 5.75 Å². The van der Waals surface area contributed by atoms with Gasteiger partial charge in [0.25, 0.3) is 0 Å². The van der Waals surface area contributed by atoms with E-state index < -0.39 is 0 Å². The van der Waals surface area contributed by atoms with Gasteiger partial charge in [0, 0.05) is 12.6 Å². The van der Waals surface area contributed by atoms with Crippen LogP contribution in [0.15, 0.2) is 47.6 Å². The van der Waals surface area contributed by atoms with Crippen LogP contribution in [0.25, 0.3) is 0 Å². The predicted molar refractivity (Wildman–Crippen MR) is 110 cm³/mol. The summed E-state index contributed by atoms with van der Waals surface area (Å²) >= 11 is 1.40. The Hall–Kier alpha value is -2.80. The van der Waals surface area contributed by atoms with Gasteiger partial charge >= 0.3 is 0 Å². The minimum absolute atomic E-state index is 0.112. The number of carbonyl (C=O) groups is 1. The Morgan fingerprint density at radius 1 is 1.14 bits per heavy atom. The number of hydrogen-bond donors (Lipinski definition) is 0. The summed E-state index contributed by atoms with van der Waals surface area (Å²) in [5.74, 6) is 2.57. The smallest absolute Gasteiger partial charge is 0.192 e. The molecule has 0 amide bonds. The third-order valence-corrected chi connectivity index (χ3v) is 6.44. The number of fused-ring (bicyclic) bond motifs is 2. The van der Waals surface area contributed by atoms with Crippen molar-refractivity contribution in [2.75, 3.05) is 12.4 Å². The van der Waals surface area contributed by atoms with E-state index in [1.54, 1.807) is 0 Å². The fraction of sp³-hybridized carbons (Fsp3) is 0.318. The Kier molecular flexibility index (Phi) is 4.75. The van der Waals surface area contributed by atoms with Crippen LogP contribution in [0.5, 0.6) is 11.5 Å². The first-order valence-corrected chi connectivity index (χ1v) is 10.7. The number of ketones is 1. The van der Waals surface area contributed by atoms with E-state index in [0.717, 1.165) is 24.2 Å². The van der Waals surface area contributed by atoms with E-state index in [9.17, 15) is 4.79 Å². The molecule has 0 spiro atoms. The number of hydrogen-bond acceptors (Lipinski definition) is 6. The van der Waals surface area contributed by atoms with Gasteiger partial charge in [-0.05, 0) is 48.6 Å². The van der Waals surface area contributed by atoms with Gasteiger partial charge in [-0.1, -0.05) is 36.0 Å². The van der Waals surface area contributed by atoms with Crippen LogP contribution in [0.2, 0.25) is 0 Å². The maximum atomic E-state index is 12.7. The van der Waals surface area contributed by atoms with Gasteiger partial charge in [0.1, 0.15) is 6.61 Å². The van der Waals surface area contributed by atoms with E-state index in [1.165, 1.54) is 29.3 Å². The van der Waals surface area contributed by atoms with Crippen molar-refractivity contribution >= 4 is 17.5 Å². The van der Waals surface area contributed by atoms with Gasteiger partial charge in [-0.2, -0.15) is 0 Å². The predicted octanol–water partition coefficient (Wildman–Crippen LogP) is 3.79. The van der Waals surface area contributed by atoms with Gasteiger partial charge in [-0.3, -0.25) is 4.79 Å². The fourth-order valence-electron chi connectivity index (χ4n) is 3.84. The van der Waals surface area contributed by atoms with Gasteiger partial charge in [-0.15, -0.1) is 10.2 Å². The summed E-state index contributed by atoms with van der Waals surface area (Å²) in [4.78, 5) is 12.7. The van der Waals surface area contributed by atoms with Gasteiger partial charge in [0.2, 0.25) is 0 Å². The molecule has 0 radical (unpaired) electrons. The number of carbonyl (C=O) groups excluding carboxylic acids is 1. The standard InChI is InChI=1S/C22H21N3O3S/c1-25-21(20-12-27-18-7-2-3-8-19(18)28-20)23-24-22(25)29-13-17(26)16-10-9-14-5-4-6-15(14)11-16/h2-3,7-11,20H,4-6,12-13H2,1H3. The summed E-state index contributed by atoms with van der Waals surface area (Å²) < 4.78 is 13.7. The molecule has 6 nitrogen and oxygen atoms in total. The average molecular weight is 407 g/mol. The lowest BCUT2D eigenvalue weighted by Gasteiger charge is -2.25. The minimum Gasteiger partial charge on any atom is -0.485 e. The second-order valence-electron chi connectivity index (χ2n) is 7.31. The molecule has 2 aliphatic rings. The van der Waals surface area contributed by atoms with Crippen LogP contribution in [-0.2, 0) is 19.9 Å². The Morgan fingerprint density at radius 3 is 2.86 bits per heavy atom. The lowest BCUT2D eigenvalue weighted by molar-refractivity contribution is 0.0825. The molecule has 1 unspecified atom stereocenters. The molecule has 3 aromatic rings. The number of para-hydroxylation sites is 2. The average Bonchev–Trinajstić information content (AvgIpc) is 3.37. The molecule has 1 aromatic heterocycles. The highest BCUT2D eigenvalue weighted by Gasteiger charge is 2.27. The van der Waals surface area contributed by atoms with E-state index >= 15 is 0 Å². The zero-order valence-electron chi connectivity index (χ0n) is 16.1. The summed E-state index contributed by atoms with van der Waals surface area (Å²) in [7, 11) is 1.89. The van der Waals surface area contributed by atoms with E-state index in [1.807, 2.05) is 41.9 Å². The number of aromatic nitrogens is 3. The Balaban J connectivity index is 1.26. The topological polar surface area (TPSA) is 66.2 Å². The van der Waals surface area contributed by atoms with Crippen LogP contribution < -0.4 is 9.47 Å². The van der Waals surface area contributed by atoms with E-state index in [2.05, 4.69) is 22.3 Å². The number of ether oxygens (including phenoxy) is 2. The van der Waals surface area contributed by atoms with Gasteiger partial charge < -0.3 is 14.0 Å². The summed E-state index contributed by atoms with van der Waals surface area (Å²) in [6, 6.07) is 13.7. The highest BCUT2D eigenvalue weighted by molar-refractivity contribution is 7.99. The molecule has 0 fully saturated rings. The summed E-state index contributed by atoms with van der Waals surface area (Å²) in [5.41, 5.74) is 3.47. The molecule has 0 saturated carbocycles. The summed E-state index contributed by atoms with van der Waals surface area (Å²) in [6.45, 7) is 0.377. The SMILES string of the molecule is Cn1c(SCC(=O)c2ccc3c(c2)CCC3)nnc1C1COc2ccccc2O1. The fourth-order valence-corrected chi connectivity index (χ4v) is 4.65. The van der Waals surface area contributed by atoms with Crippen molar-refractivity contribution in [1.82, 2.24) is 14.8 Å². The molecule has 5 rings (SSSR count). The number of rotatable bonds is 5.